The summed E-state index contributed by atoms with van der Waals surface area (Å²) in [6.07, 6.45) is 0. The molecular formula is C21H24N4OS. The third kappa shape index (κ3) is 5.08. The van der Waals surface area contributed by atoms with Crippen molar-refractivity contribution in [3.63, 3.8) is 0 Å². The number of methoxy groups -OCH3 is 1. The van der Waals surface area contributed by atoms with Gasteiger partial charge >= 0.3 is 0 Å². The van der Waals surface area contributed by atoms with E-state index in [0.717, 1.165) is 27.7 Å². The van der Waals surface area contributed by atoms with Crippen LogP contribution in [-0.4, -0.2) is 18.1 Å². The van der Waals surface area contributed by atoms with Crippen LogP contribution in [0.2, 0.25) is 0 Å². The number of nitrogens with zero attached hydrogens (tertiary/aromatic N) is 2. The van der Waals surface area contributed by atoms with E-state index < -0.39 is 0 Å². The van der Waals surface area contributed by atoms with E-state index in [1.165, 1.54) is 5.56 Å². The molecule has 1 heterocycles. The van der Waals surface area contributed by atoms with Gasteiger partial charge in [-0.15, -0.1) is 11.3 Å². The lowest BCUT2D eigenvalue weighted by Gasteiger charge is -2.09. The monoisotopic (exact) mass is 380 g/mol. The average molecular weight is 381 g/mol. The van der Waals surface area contributed by atoms with E-state index in [9.17, 15) is 0 Å². The minimum Gasteiger partial charge on any atom is -0.497 e. The molecular weight excluding hydrogens is 356 g/mol. The number of rotatable bonds is 6. The number of nitrogens with one attached hydrogen (secondary N) is 1. The Morgan fingerprint density at radius 3 is 2.70 bits per heavy atom. The fourth-order valence-corrected chi connectivity index (χ4v) is 3.39. The highest BCUT2D eigenvalue weighted by atomic mass is 32.1. The number of anilines is 1. The molecule has 5 nitrogen and oxygen atoms in total. The summed E-state index contributed by atoms with van der Waals surface area (Å²) in [5, 5.41) is 6.12. The average Bonchev–Trinajstić information content (AvgIpc) is 3.16. The third-order valence-corrected chi connectivity index (χ3v) is 5.07. The van der Waals surface area contributed by atoms with Crippen molar-refractivity contribution in [3.05, 3.63) is 65.2 Å². The number of guanidine groups is 1. The molecule has 0 radical (unpaired) electrons. The van der Waals surface area contributed by atoms with Gasteiger partial charge in [0.2, 0.25) is 0 Å². The van der Waals surface area contributed by atoms with E-state index in [0.29, 0.717) is 18.4 Å². The Bertz CT molecular complexity index is 916. The topological polar surface area (TPSA) is 72.5 Å². The van der Waals surface area contributed by atoms with Gasteiger partial charge in [0.1, 0.15) is 10.8 Å². The van der Waals surface area contributed by atoms with Crippen molar-refractivity contribution in [1.29, 1.82) is 0 Å². The van der Waals surface area contributed by atoms with Crippen molar-refractivity contribution in [3.8, 4) is 16.3 Å². The highest BCUT2D eigenvalue weighted by Crippen LogP contribution is 2.26. The molecule has 1 aromatic heterocycles. The molecule has 0 aliphatic carbocycles. The van der Waals surface area contributed by atoms with Crippen LogP contribution in [0.5, 0.6) is 5.75 Å². The van der Waals surface area contributed by atoms with Crippen molar-refractivity contribution >= 4 is 23.0 Å². The highest BCUT2D eigenvalue weighted by molar-refractivity contribution is 7.13. The Balaban J connectivity index is 1.63. The molecule has 140 valence electrons. The first-order chi connectivity index (χ1) is 13.0. The van der Waals surface area contributed by atoms with Crippen LogP contribution < -0.4 is 15.8 Å². The normalized spacial score (nSPS) is 11.6. The predicted molar refractivity (Wildman–Crippen MR) is 114 cm³/mol. The van der Waals surface area contributed by atoms with Gasteiger partial charge in [0, 0.05) is 16.6 Å². The molecule has 3 aromatic rings. The van der Waals surface area contributed by atoms with Gasteiger partial charge in [0.05, 0.1) is 19.3 Å². The standard InChI is InChI=1S/C21H24N4OS/c1-14(2)16-5-4-6-17(11-16)25-21(22)23-12-18-13-27-20(24-18)15-7-9-19(26-3)10-8-15/h4-11,13-14H,12H2,1-3H3,(H3,22,23,25). The summed E-state index contributed by atoms with van der Waals surface area (Å²) in [6.45, 7) is 4.77. The zero-order valence-electron chi connectivity index (χ0n) is 15.8. The van der Waals surface area contributed by atoms with E-state index in [1.807, 2.05) is 41.8 Å². The first-order valence-electron chi connectivity index (χ1n) is 8.81. The Morgan fingerprint density at radius 2 is 2.00 bits per heavy atom. The largest absolute Gasteiger partial charge is 0.497 e. The van der Waals surface area contributed by atoms with Gasteiger partial charge in [0.25, 0.3) is 0 Å². The van der Waals surface area contributed by atoms with Gasteiger partial charge in [0.15, 0.2) is 5.96 Å². The second kappa shape index (κ2) is 8.68. The fraction of sp³-hybridized carbons (Fsp3) is 0.238. The summed E-state index contributed by atoms with van der Waals surface area (Å²) >= 11 is 1.59. The van der Waals surface area contributed by atoms with Crippen molar-refractivity contribution < 1.29 is 4.74 Å². The molecule has 6 heteroatoms. The maximum Gasteiger partial charge on any atom is 0.193 e. The Morgan fingerprint density at radius 1 is 1.22 bits per heavy atom. The SMILES string of the molecule is COc1ccc(-c2nc(CN=C(N)Nc3cccc(C(C)C)c3)cs2)cc1. The van der Waals surface area contributed by atoms with Gasteiger partial charge in [-0.3, -0.25) is 0 Å². The van der Waals surface area contributed by atoms with Crippen LogP contribution in [0.3, 0.4) is 0 Å². The summed E-state index contributed by atoms with van der Waals surface area (Å²) < 4.78 is 5.19. The number of hydrogen-bond acceptors (Lipinski definition) is 4. The number of thiazole rings is 1. The summed E-state index contributed by atoms with van der Waals surface area (Å²) in [4.78, 5) is 9.05. The van der Waals surface area contributed by atoms with Crippen molar-refractivity contribution in [1.82, 2.24) is 4.98 Å². The molecule has 0 aliphatic heterocycles. The van der Waals surface area contributed by atoms with Crippen LogP contribution in [0.25, 0.3) is 10.6 Å². The third-order valence-electron chi connectivity index (χ3n) is 4.13. The van der Waals surface area contributed by atoms with Gasteiger partial charge in [-0.2, -0.15) is 0 Å². The minimum absolute atomic E-state index is 0.384. The summed E-state index contributed by atoms with van der Waals surface area (Å²) in [7, 11) is 1.66. The molecule has 0 bridgehead atoms. The number of aliphatic imine (C=N–C) groups is 1. The Kier molecular flexibility index (Phi) is 6.08. The van der Waals surface area contributed by atoms with Gasteiger partial charge in [-0.05, 0) is 47.9 Å². The molecule has 0 aliphatic rings. The molecule has 27 heavy (non-hydrogen) atoms. The van der Waals surface area contributed by atoms with E-state index in [2.05, 4.69) is 41.3 Å². The fourth-order valence-electron chi connectivity index (χ4n) is 2.57. The van der Waals surface area contributed by atoms with Crippen LogP contribution in [0, 0.1) is 0 Å². The first-order valence-corrected chi connectivity index (χ1v) is 9.69. The van der Waals surface area contributed by atoms with Crippen LogP contribution in [0.4, 0.5) is 5.69 Å². The second-order valence-electron chi connectivity index (χ2n) is 6.48. The van der Waals surface area contributed by atoms with E-state index in [1.54, 1.807) is 18.4 Å². The molecule has 0 unspecified atom stereocenters. The molecule has 3 rings (SSSR count). The lowest BCUT2D eigenvalue weighted by molar-refractivity contribution is 0.415. The van der Waals surface area contributed by atoms with Crippen LogP contribution in [-0.2, 0) is 6.54 Å². The van der Waals surface area contributed by atoms with E-state index in [-0.39, 0.29) is 0 Å². The highest BCUT2D eigenvalue weighted by Gasteiger charge is 2.06. The van der Waals surface area contributed by atoms with Crippen LogP contribution >= 0.6 is 11.3 Å². The number of benzene rings is 2. The van der Waals surface area contributed by atoms with Gasteiger partial charge in [-0.25, -0.2) is 9.98 Å². The summed E-state index contributed by atoms with van der Waals surface area (Å²) in [5.74, 6) is 1.69. The second-order valence-corrected chi connectivity index (χ2v) is 7.34. The lowest BCUT2D eigenvalue weighted by atomic mass is 10.0. The lowest BCUT2D eigenvalue weighted by Crippen LogP contribution is -2.22. The Labute approximate surface area is 163 Å². The molecule has 0 saturated heterocycles. The van der Waals surface area contributed by atoms with Crippen LogP contribution in [0.15, 0.2) is 58.9 Å². The first kappa shape index (κ1) is 18.9. The number of aromatic nitrogens is 1. The minimum atomic E-state index is 0.384. The van der Waals surface area contributed by atoms with Crippen molar-refractivity contribution in [2.24, 2.45) is 10.7 Å². The van der Waals surface area contributed by atoms with Crippen molar-refractivity contribution in [2.45, 2.75) is 26.3 Å². The molecule has 0 fully saturated rings. The molecule has 0 atom stereocenters. The number of hydrogen-bond donors (Lipinski definition) is 2. The maximum atomic E-state index is 6.03. The zero-order chi connectivity index (χ0) is 19.2. The quantitative estimate of drug-likeness (QED) is 0.473. The van der Waals surface area contributed by atoms with Gasteiger partial charge < -0.3 is 15.8 Å². The zero-order valence-corrected chi connectivity index (χ0v) is 16.6. The molecule has 3 N–H and O–H groups in total. The van der Waals surface area contributed by atoms with Gasteiger partial charge in [-0.1, -0.05) is 26.0 Å². The van der Waals surface area contributed by atoms with Crippen LogP contribution in [0.1, 0.15) is 31.0 Å². The predicted octanol–water partition coefficient (Wildman–Crippen LogP) is 4.87. The molecule has 0 saturated carbocycles. The summed E-state index contributed by atoms with van der Waals surface area (Å²) in [5.41, 5.74) is 10.2. The number of nitrogens with two attached hydrogens (primary N) is 1. The number of ether oxygens (including phenoxy) is 1. The Hall–Kier alpha value is -2.86. The summed E-state index contributed by atoms with van der Waals surface area (Å²) in [6, 6.07) is 16.1. The van der Waals surface area contributed by atoms with E-state index in [4.69, 9.17) is 10.5 Å². The van der Waals surface area contributed by atoms with Crippen molar-refractivity contribution in [2.75, 3.05) is 12.4 Å². The van der Waals surface area contributed by atoms with E-state index >= 15 is 0 Å². The molecule has 2 aromatic carbocycles. The molecule has 0 amide bonds. The molecule has 0 spiro atoms. The maximum absolute atomic E-state index is 6.03. The smallest absolute Gasteiger partial charge is 0.193 e.